The first-order valence-corrected chi connectivity index (χ1v) is 9.14. The third-order valence-corrected chi connectivity index (χ3v) is 5.96. The largest absolute Gasteiger partial charge is 0.341 e. The van der Waals surface area contributed by atoms with Crippen molar-refractivity contribution < 1.29 is 0 Å². The summed E-state index contributed by atoms with van der Waals surface area (Å²) in [6.45, 7) is 9.60. The Morgan fingerprint density at radius 2 is 1.20 bits per heavy atom. The molecule has 0 unspecified atom stereocenters. The van der Waals surface area contributed by atoms with Gasteiger partial charge in [-0.3, -0.25) is 0 Å². The van der Waals surface area contributed by atoms with Crippen molar-refractivity contribution >= 4 is 7.41 Å². The van der Waals surface area contributed by atoms with Crippen molar-refractivity contribution in [2.75, 3.05) is 0 Å². The second kappa shape index (κ2) is 7.34. The van der Waals surface area contributed by atoms with Crippen molar-refractivity contribution in [3.05, 3.63) is 0 Å². The first-order valence-electron chi connectivity index (χ1n) is 9.14. The van der Waals surface area contributed by atoms with Gasteiger partial charge in [0.2, 0.25) is 7.41 Å². The maximum Gasteiger partial charge on any atom is 0.215 e. The summed E-state index contributed by atoms with van der Waals surface area (Å²) in [5.41, 5.74) is 0. The lowest BCUT2D eigenvalue weighted by molar-refractivity contribution is 0.163. The molecule has 2 aliphatic carbocycles. The molecule has 2 rings (SSSR count). The number of rotatable bonds is 5. The summed E-state index contributed by atoms with van der Waals surface area (Å²) in [6, 6.07) is 1.68. The number of hydrogen-bond acceptors (Lipinski definition) is 1. The van der Waals surface area contributed by atoms with E-state index in [2.05, 4.69) is 39.9 Å². The Bertz CT molecular complexity index is 257. The molecule has 0 bridgehead atoms. The third-order valence-electron chi connectivity index (χ3n) is 5.96. The van der Waals surface area contributed by atoms with Crippen LogP contribution in [-0.4, -0.2) is 24.3 Å². The quantitative estimate of drug-likeness (QED) is 0.605. The van der Waals surface area contributed by atoms with Crippen LogP contribution >= 0.6 is 0 Å². The summed E-state index contributed by atoms with van der Waals surface area (Å²) in [4.78, 5) is 2.85. The number of hydrogen-bond donors (Lipinski definition) is 0. The Morgan fingerprint density at radius 3 is 1.55 bits per heavy atom. The van der Waals surface area contributed by atoms with Crippen molar-refractivity contribution in [1.82, 2.24) is 4.81 Å². The zero-order valence-electron chi connectivity index (χ0n) is 14.3. The molecule has 115 valence electrons. The van der Waals surface area contributed by atoms with Crippen LogP contribution in [0.25, 0.3) is 0 Å². The normalized spacial score (nSPS) is 23.5. The summed E-state index contributed by atoms with van der Waals surface area (Å²) in [5.74, 6) is 0.720. The van der Waals surface area contributed by atoms with Crippen LogP contribution in [-0.2, 0) is 0 Å². The second-order valence-electron chi connectivity index (χ2n) is 8.14. The van der Waals surface area contributed by atoms with Crippen LogP contribution in [0.15, 0.2) is 0 Å². The molecule has 0 aromatic rings. The van der Waals surface area contributed by atoms with E-state index in [0.717, 1.165) is 18.0 Å². The molecule has 2 saturated carbocycles. The highest BCUT2D eigenvalue weighted by Crippen LogP contribution is 2.38. The molecule has 2 heteroatoms. The minimum atomic E-state index is 0.328. The SMILES string of the molecule is CC(C)C(C)(C)[B]N(C1CCCCC1)C1CCCCC1. The van der Waals surface area contributed by atoms with Gasteiger partial charge >= 0.3 is 0 Å². The van der Waals surface area contributed by atoms with Gasteiger partial charge in [-0.05, 0) is 49.0 Å². The molecule has 2 fully saturated rings. The van der Waals surface area contributed by atoms with Gasteiger partial charge in [-0.25, -0.2) is 0 Å². The van der Waals surface area contributed by atoms with Gasteiger partial charge in [0.05, 0.1) is 0 Å². The van der Waals surface area contributed by atoms with Crippen LogP contribution in [0.2, 0.25) is 5.31 Å². The molecule has 0 atom stereocenters. The minimum absolute atomic E-state index is 0.328. The number of nitrogens with zero attached hydrogens (tertiary/aromatic N) is 1. The van der Waals surface area contributed by atoms with Crippen LogP contribution in [0.1, 0.15) is 91.9 Å². The molecule has 0 spiro atoms. The molecule has 0 aromatic heterocycles. The predicted molar refractivity (Wildman–Crippen MR) is 90.2 cm³/mol. The summed E-state index contributed by atoms with van der Waals surface area (Å²) < 4.78 is 0. The highest BCUT2D eigenvalue weighted by Gasteiger charge is 2.35. The monoisotopic (exact) mass is 276 g/mol. The Kier molecular flexibility index (Phi) is 6.02. The molecule has 1 nitrogen and oxygen atoms in total. The first kappa shape index (κ1) is 16.4. The van der Waals surface area contributed by atoms with Gasteiger partial charge in [-0.2, -0.15) is 0 Å². The van der Waals surface area contributed by atoms with E-state index in [1.54, 1.807) is 0 Å². The van der Waals surface area contributed by atoms with E-state index in [-0.39, 0.29) is 0 Å². The lowest BCUT2D eigenvalue weighted by atomic mass is 9.54. The molecular weight excluding hydrogens is 241 g/mol. The van der Waals surface area contributed by atoms with Crippen molar-refractivity contribution in [2.45, 2.75) is 109 Å². The molecule has 2 aliphatic rings. The molecule has 0 heterocycles. The highest BCUT2D eigenvalue weighted by molar-refractivity contribution is 6.36. The van der Waals surface area contributed by atoms with Gasteiger partial charge in [-0.15, -0.1) is 0 Å². The van der Waals surface area contributed by atoms with Gasteiger partial charge in [0.25, 0.3) is 0 Å². The molecule has 0 N–H and O–H groups in total. The Balaban J connectivity index is 2.05. The lowest BCUT2D eigenvalue weighted by Crippen LogP contribution is -2.50. The average Bonchev–Trinajstić information content (AvgIpc) is 2.46. The van der Waals surface area contributed by atoms with Gasteiger partial charge in [0.1, 0.15) is 0 Å². The van der Waals surface area contributed by atoms with E-state index in [9.17, 15) is 0 Å². The molecular formula is C18H35BN. The summed E-state index contributed by atoms with van der Waals surface area (Å²) in [6.07, 6.45) is 14.4. The zero-order chi connectivity index (χ0) is 14.6. The van der Waals surface area contributed by atoms with Crippen molar-refractivity contribution in [3.8, 4) is 0 Å². The smallest absolute Gasteiger partial charge is 0.215 e. The van der Waals surface area contributed by atoms with E-state index in [0.29, 0.717) is 5.31 Å². The van der Waals surface area contributed by atoms with Crippen LogP contribution in [0, 0.1) is 5.92 Å². The fraction of sp³-hybridized carbons (Fsp3) is 1.00. The molecule has 0 aliphatic heterocycles. The van der Waals surface area contributed by atoms with Crippen molar-refractivity contribution in [2.24, 2.45) is 5.92 Å². The van der Waals surface area contributed by atoms with Gasteiger partial charge in [-0.1, -0.05) is 66.2 Å². The molecule has 20 heavy (non-hydrogen) atoms. The van der Waals surface area contributed by atoms with E-state index in [1.807, 2.05) is 0 Å². The van der Waals surface area contributed by atoms with Gasteiger partial charge < -0.3 is 4.81 Å². The lowest BCUT2D eigenvalue weighted by Gasteiger charge is -2.46. The van der Waals surface area contributed by atoms with E-state index in [1.165, 1.54) is 64.2 Å². The summed E-state index contributed by atoms with van der Waals surface area (Å²) in [5, 5.41) is 0.328. The third kappa shape index (κ3) is 4.26. The molecule has 1 radical (unpaired) electrons. The topological polar surface area (TPSA) is 3.24 Å². The standard InChI is InChI=1S/C18H35BN/c1-15(2)18(3,4)19-20(16-11-7-5-8-12-16)17-13-9-6-10-14-17/h15-17H,5-14H2,1-4H3. The summed E-state index contributed by atoms with van der Waals surface area (Å²) >= 11 is 0. The van der Waals surface area contributed by atoms with Gasteiger partial charge in [0.15, 0.2) is 0 Å². The first-order chi connectivity index (χ1) is 9.50. The van der Waals surface area contributed by atoms with Gasteiger partial charge in [0, 0.05) is 0 Å². The fourth-order valence-corrected chi connectivity index (χ4v) is 3.80. The fourth-order valence-electron chi connectivity index (χ4n) is 3.80. The molecule has 0 saturated heterocycles. The van der Waals surface area contributed by atoms with Crippen LogP contribution in [0.5, 0.6) is 0 Å². The van der Waals surface area contributed by atoms with Crippen LogP contribution in [0.4, 0.5) is 0 Å². The maximum atomic E-state index is 2.85. The second-order valence-corrected chi connectivity index (χ2v) is 8.14. The minimum Gasteiger partial charge on any atom is -0.341 e. The van der Waals surface area contributed by atoms with Crippen molar-refractivity contribution in [3.63, 3.8) is 0 Å². The average molecular weight is 276 g/mol. The van der Waals surface area contributed by atoms with E-state index >= 15 is 0 Å². The van der Waals surface area contributed by atoms with E-state index < -0.39 is 0 Å². The molecule has 0 aromatic carbocycles. The zero-order valence-corrected chi connectivity index (χ0v) is 14.3. The van der Waals surface area contributed by atoms with E-state index in [4.69, 9.17) is 0 Å². The van der Waals surface area contributed by atoms with Crippen LogP contribution < -0.4 is 0 Å². The summed E-state index contributed by atoms with van der Waals surface area (Å²) in [7, 11) is 2.64. The highest BCUT2D eigenvalue weighted by atomic mass is 15.1. The van der Waals surface area contributed by atoms with Crippen molar-refractivity contribution in [1.29, 1.82) is 0 Å². The van der Waals surface area contributed by atoms with Crippen LogP contribution in [0.3, 0.4) is 0 Å². The Hall–Kier alpha value is 0.0249. The Morgan fingerprint density at radius 1 is 0.800 bits per heavy atom. The Labute approximate surface area is 128 Å². The molecule has 0 amide bonds. The maximum absolute atomic E-state index is 2.85. The predicted octanol–water partition coefficient (Wildman–Crippen LogP) is 5.43.